The fourth-order valence-electron chi connectivity index (χ4n) is 5.41. The first kappa shape index (κ1) is 22.1. The van der Waals surface area contributed by atoms with Crippen LogP contribution in [0.1, 0.15) is 95.1 Å². The summed E-state index contributed by atoms with van der Waals surface area (Å²) < 4.78 is 29.4. The van der Waals surface area contributed by atoms with Crippen LogP contribution in [0.3, 0.4) is 0 Å². The van der Waals surface area contributed by atoms with Crippen molar-refractivity contribution < 1.29 is 8.78 Å². The van der Waals surface area contributed by atoms with Gasteiger partial charge in [-0.1, -0.05) is 38.2 Å². The predicted octanol–water partition coefficient (Wildman–Crippen LogP) is 8.02. The van der Waals surface area contributed by atoms with E-state index < -0.39 is 11.6 Å². The molecule has 1 unspecified atom stereocenters. The maximum absolute atomic E-state index is 14.7. The van der Waals surface area contributed by atoms with E-state index in [2.05, 4.69) is 38.3 Å². The lowest BCUT2D eigenvalue weighted by atomic mass is 9.73. The smallest absolute Gasteiger partial charge is 0.142 e. The summed E-state index contributed by atoms with van der Waals surface area (Å²) in [5, 5.41) is 0. The summed E-state index contributed by atoms with van der Waals surface area (Å²) in [5.74, 6) is 7.58. The Morgan fingerprint density at radius 2 is 1.62 bits per heavy atom. The first-order valence-electron chi connectivity index (χ1n) is 11.7. The molecule has 2 aliphatic carbocycles. The Bertz CT molecular complexity index is 715. The van der Waals surface area contributed by atoms with Crippen molar-refractivity contribution in [3.8, 4) is 11.8 Å². The summed E-state index contributed by atoms with van der Waals surface area (Å²) in [6.07, 6.45) is 13.1. The Kier molecular flexibility index (Phi) is 7.93. The van der Waals surface area contributed by atoms with Crippen LogP contribution in [0.25, 0.3) is 0 Å². The van der Waals surface area contributed by atoms with Crippen molar-refractivity contribution in [3.63, 3.8) is 0 Å². The van der Waals surface area contributed by atoms with Gasteiger partial charge in [-0.15, -0.1) is 6.58 Å². The molecule has 2 aliphatic rings. The molecule has 0 N–H and O–H groups in total. The topological polar surface area (TPSA) is 0 Å². The molecule has 29 heavy (non-hydrogen) atoms. The number of hydrogen-bond acceptors (Lipinski definition) is 0. The van der Waals surface area contributed by atoms with Gasteiger partial charge in [0.1, 0.15) is 11.6 Å². The fourth-order valence-corrected chi connectivity index (χ4v) is 5.41. The zero-order valence-corrected chi connectivity index (χ0v) is 18.2. The highest BCUT2D eigenvalue weighted by atomic mass is 19.1. The number of rotatable bonds is 5. The molecule has 0 nitrogen and oxygen atoms in total. The second-order valence-electron chi connectivity index (χ2n) is 9.17. The van der Waals surface area contributed by atoms with Gasteiger partial charge in [-0.05, 0) is 99.2 Å². The third-order valence-corrected chi connectivity index (χ3v) is 7.51. The summed E-state index contributed by atoms with van der Waals surface area (Å²) in [6.45, 7) is 8.40. The van der Waals surface area contributed by atoms with Crippen LogP contribution in [0.15, 0.2) is 24.8 Å². The zero-order valence-electron chi connectivity index (χ0n) is 18.2. The van der Waals surface area contributed by atoms with Gasteiger partial charge >= 0.3 is 0 Å². The molecule has 1 atom stereocenters. The van der Waals surface area contributed by atoms with E-state index in [0.29, 0.717) is 11.8 Å². The molecule has 0 aliphatic heterocycles. The molecular weight excluding hydrogens is 362 g/mol. The van der Waals surface area contributed by atoms with E-state index in [1.54, 1.807) is 0 Å². The minimum Gasteiger partial charge on any atom is -0.206 e. The summed E-state index contributed by atoms with van der Waals surface area (Å²) in [7, 11) is 0. The molecule has 1 aromatic rings. The molecule has 158 valence electrons. The lowest BCUT2D eigenvalue weighted by molar-refractivity contribution is 0.260. The monoisotopic (exact) mass is 398 g/mol. The number of allylic oxidation sites excluding steroid dienone is 1. The van der Waals surface area contributed by atoms with Crippen molar-refractivity contribution in [2.75, 3.05) is 0 Å². The second-order valence-corrected chi connectivity index (χ2v) is 9.17. The van der Waals surface area contributed by atoms with Gasteiger partial charge in [-0.3, -0.25) is 0 Å². The van der Waals surface area contributed by atoms with Crippen LogP contribution in [-0.2, 0) is 0 Å². The van der Waals surface area contributed by atoms with Crippen molar-refractivity contribution in [1.82, 2.24) is 0 Å². The lowest BCUT2D eigenvalue weighted by Crippen LogP contribution is -2.19. The van der Waals surface area contributed by atoms with Crippen LogP contribution < -0.4 is 0 Å². The van der Waals surface area contributed by atoms with Gasteiger partial charge in [0.25, 0.3) is 0 Å². The molecule has 0 spiro atoms. The number of hydrogen-bond donors (Lipinski definition) is 0. The second kappa shape index (κ2) is 10.4. The molecule has 2 heteroatoms. The molecule has 1 aromatic carbocycles. The Morgan fingerprint density at radius 1 is 1.00 bits per heavy atom. The molecule has 0 bridgehead atoms. The van der Waals surface area contributed by atoms with Gasteiger partial charge < -0.3 is 0 Å². The van der Waals surface area contributed by atoms with Crippen LogP contribution in [-0.4, -0.2) is 0 Å². The Labute approximate surface area is 176 Å². The number of benzene rings is 1. The largest absolute Gasteiger partial charge is 0.206 e. The van der Waals surface area contributed by atoms with Crippen molar-refractivity contribution in [2.45, 2.75) is 84.0 Å². The fraction of sp³-hybridized carbons (Fsp3) is 0.630. The number of halogens is 2. The zero-order chi connectivity index (χ0) is 20.8. The van der Waals surface area contributed by atoms with Gasteiger partial charge in [-0.2, -0.15) is 0 Å². The molecule has 0 radical (unpaired) electrons. The maximum atomic E-state index is 14.7. The van der Waals surface area contributed by atoms with Crippen molar-refractivity contribution in [3.05, 3.63) is 47.5 Å². The van der Waals surface area contributed by atoms with Crippen molar-refractivity contribution >= 4 is 0 Å². The molecule has 0 saturated heterocycles. The summed E-state index contributed by atoms with van der Waals surface area (Å²) >= 11 is 0. The van der Waals surface area contributed by atoms with E-state index in [1.807, 2.05) is 0 Å². The average Bonchev–Trinajstić information content (AvgIpc) is 2.75. The molecule has 2 fully saturated rings. The van der Waals surface area contributed by atoms with Crippen LogP contribution in [0.4, 0.5) is 8.78 Å². The lowest BCUT2D eigenvalue weighted by Gasteiger charge is -2.32. The minimum atomic E-state index is -0.491. The Balaban J connectivity index is 1.65. The van der Waals surface area contributed by atoms with E-state index in [1.165, 1.54) is 31.4 Å². The van der Waals surface area contributed by atoms with E-state index in [-0.39, 0.29) is 17.4 Å². The standard InChI is InChI=1S/C27H36F2/c1-4-19-7-9-20(10-8-19)11-16-25-26(28)17-24(18-27(25)29)23-14-12-22(13-15-23)21(5-2)6-3/h5,17-23H,2,4,6-10,12-15H2,1,3H3. The molecule has 2 saturated carbocycles. The molecule has 3 rings (SSSR count). The minimum absolute atomic E-state index is 0.0437. The van der Waals surface area contributed by atoms with Crippen LogP contribution in [0.5, 0.6) is 0 Å². The van der Waals surface area contributed by atoms with E-state index >= 15 is 0 Å². The summed E-state index contributed by atoms with van der Waals surface area (Å²) in [5.41, 5.74) is 0.761. The van der Waals surface area contributed by atoms with Gasteiger partial charge in [0.05, 0.1) is 5.56 Å². The first-order valence-corrected chi connectivity index (χ1v) is 11.7. The van der Waals surface area contributed by atoms with Gasteiger partial charge in [0.2, 0.25) is 0 Å². The van der Waals surface area contributed by atoms with Crippen LogP contribution >= 0.6 is 0 Å². The predicted molar refractivity (Wildman–Crippen MR) is 118 cm³/mol. The first-order chi connectivity index (χ1) is 14.0. The quantitative estimate of drug-likeness (QED) is 0.348. The molecular formula is C27H36F2. The van der Waals surface area contributed by atoms with Crippen molar-refractivity contribution in [1.29, 1.82) is 0 Å². The van der Waals surface area contributed by atoms with Crippen molar-refractivity contribution in [2.24, 2.45) is 23.7 Å². The summed E-state index contributed by atoms with van der Waals surface area (Å²) in [6, 6.07) is 3.08. The van der Waals surface area contributed by atoms with Gasteiger partial charge in [0, 0.05) is 5.92 Å². The normalized spacial score (nSPS) is 28.3. The SMILES string of the molecule is C=CC(CC)C1CCC(c2cc(F)c(C#CC3CCC(CC)CC3)c(F)c2)CC1. The van der Waals surface area contributed by atoms with Gasteiger partial charge in [0.15, 0.2) is 0 Å². The van der Waals surface area contributed by atoms with E-state index in [9.17, 15) is 8.78 Å². The van der Waals surface area contributed by atoms with Crippen LogP contribution in [0, 0.1) is 47.1 Å². The van der Waals surface area contributed by atoms with Gasteiger partial charge in [-0.25, -0.2) is 8.78 Å². The molecule has 0 heterocycles. The maximum Gasteiger partial charge on any atom is 0.142 e. The van der Waals surface area contributed by atoms with E-state index in [4.69, 9.17) is 0 Å². The van der Waals surface area contributed by atoms with E-state index in [0.717, 1.165) is 56.4 Å². The highest BCUT2D eigenvalue weighted by molar-refractivity contribution is 5.40. The average molecular weight is 399 g/mol. The Morgan fingerprint density at radius 3 is 2.14 bits per heavy atom. The highest BCUT2D eigenvalue weighted by Crippen LogP contribution is 2.40. The third-order valence-electron chi connectivity index (χ3n) is 7.51. The van der Waals surface area contributed by atoms with Crippen LogP contribution in [0.2, 0.25) is 0 Å². The summed E-state index contributed by atoms with van der Waals surface area (Å²) in [4.78, 5) is 0. The highest BCUT2D eigenvalue weighted by Gasteiger charge is 2.27. The molecule has 0 aromatic heterocycles. The molecule has 0 amide bonds. The Hall–Kier alpha value is -1.62. The third kappa shape index (κ3) is 5.50.